The molecule has 1 N–H and O–H groups in total. The van der Waals surface area contributed by atoms with Crippen LogP contribution in [0.15, 0.2) is 0 Å². The lowest BCUT2D eigenvalue weighted by molar-refractivity contribution is 0.0752. The fourth-order valence-electron chi connectivity index (χ4n) is 3.43. The van der Waals surface area contributed by atoms with Crippen molar-refractivity contribution >= 4 is 6.09 Å². The average molecular weight is 267 g/mol. The van der Waals surface area contributed by atoms with Crippen molar-refractivity contribution in [2.75, 3.05) is 6.54 Å². The van der Waals surface area contributed by atoms with Crippen molar-refractivity contribution in [2.45, 2.75) is 83.2 Å². The number of carbonyl (C=O) groups excluding carboxylic acids is 1. The molecule has 0 aliphatic heterocycles. The van der Waals surface area contributed by atoms with Crippen LogP contribution in [0.5, 0.6) is 0 Å². The summed E-state index contributed by atoms with van der Waals surface area (Å²) in [6.07, 6.45) is 15.2. The van der Waals surface area contributed by atoms with Crippen LogP contribution in [0.1, 0.15) is 77.0 Å². The van der Waals surface area contributed by atoms with E-state index in [2.05, 4.69) is 5.32 Å². The monoisotopic (exact) mass is 267 g/mol. The maximum absolute atomic E-state index is 11.6. The van der Waals surface area contributed by atoms with Crippen LogP contribution in [0.3, 0.4) is 0 Å². The number of carbonyl (C=O) groups is 1. The van der Waals surface area contributed by atoms with E-state index in [1.807, 2.05) is 0 Å². The molecule has 110 valence electrons. The number of hydrogen-bond acceptors (Lipinski definition) is 2. The number of hydrogen-bond donors (Lipinski definition) is 1. The molecule has 0 aromatic carbocycles. The van der Waals surface area contributed by atoms with E-state index in [1.165, 1.54) is 57.8 Å². The second kappa shape index (κ2) is 8.44. The number of amides is 1. The van der Waals surface area contributed by atoms with Crippen LogP contribution < -0.4 is 5.32 Å². The van der Waals surface area contributed by atoms with Gasteiger partial charge >= 0.3 is 6.09 Å². The Labute approximate surface area is 117 Å². The number of alkyl carbamates (subject to hydrolysis) is 1. The van der Waals surface area contributed by atoms with Gasteiger partial charge < -0.3 is 10.1 Å². The lowest BCUT2D eigenvalue weighted by Gasteiger charge is -2.22. The second-order valence-electron chi connectivity index (χ2n) is 6.24. The summed E-state index contributed by atoms with van der Waals surface area (Å²) in [5.41, 5.74) is 0. The molecule has 0 unspecified atom stereocenters. The summed E-state index contributed by atoms with van der Waals surface area (Å²) in [5, 5.41) is 2.91. The average Bonchev–Trinajstić information content (AvgIpc) is 2.46. The molecule has 2 saturated carbocycles. The number of ether oxygens (including phenoxy) is 1. The van der Waals surface area contributed by atoms with Gasteiger partial charge in [0.1, 0.15) is 6.10 Å². The van der Waals surface area contributed by atoms with Crippen LogP contribution in [0.2, 0.25) is 0 Å². The normalized spacial score (nSPS) is 22.1. The van der Waals surface area contributed by atoms with E-state index in [0.29, 0.717) is 0 Å². The van der Waals surface area contributed by atoms with Crippen molar-refractivity contribution in [2.24, 2.45) is 5.92 Å². The van der Waals surface area contributed by atoms with Crippen molar-refractivity contribution in [1.29, 1.82) is 0 Å². The zero-order valence-electron chi connectivity index (χ0n) is 12.2. The Hall–Kier alpha value is -0.730. The maximum atomic E-state index is 11.6. The number of nitrogens with one attached hydrogen (secondary N) is 1. The summed E-state index contributed by atoms with van der Waals surface area (Å²) in [6.45, 7) is 0.780. The van der Waals surface area contributed by atoms with Crippen LogP contribution >= 0.6 is 0 Å². The quantitative estimate of drug-likeness (QED) is 0.749. The summed E-state index contributed by atoms with van der Waals surface area (Å²) in [4.78, 5) is 11.6. The summed E-state index contributed by atoms with van der Waals surface area (Å²) in [5.74, 6) is 0.907. The molecule has 19 heavy (non-hydrogen) atoms. The van der Waals surface area contributed by atoms with E-state index < -0.39 is 0 Å². The molecule has 0 saturated heterocycles. The fourth-order valence-corrected chi connectivity index (χ4v) is 3.43. The molecule has 3 nitrogen and oxygen atoms in total. The number of rotatable bonds is 5. The SMILES string of the molecule is O=C(NCCCC1CCCCC1)OC1CCCCC1. The Bertz CT molecular complexity index is 255. The highest BCUT2D eigenvalue weighted by atomic mass is 16.6. The highest BCUT2D eigenvalue weighted by molar-refractivity contribution is 5.67. The van der Waals surface area contributed by atoms with E-state index in [4.69, 9.17) is 4.74 Å². The molecule has 0 atom stereocenters. The molecule has 1 amide bonds. The Morgan fingerprint density at radius 3 is 2.26 bits per heavy atom. The standard InChI is InChI=1S/C16H29NO2/c18-16(19-15-11-5-2-6-12-15)17-13-7-10-14-8-3-1-4-9-14/h14-15H,1-13H2,(H,17,18). The zero-order chi connectivity index (χ0) is 13.3. The third-order valence-electron chi connectivity index (χ3n) is 4.61. The Balaban J connectivity index is 1.48. The lowest BCUT2D eigenvalue weighted by atomic mass is 9.86. The minimum absolute atomic E-state index is 0.173. The van der Waals surface area contributed by atoms with Gasteiger partial charge in [0.05, 0.1) is 0 Å². The van der Waals surface area contributed by atoms with Gasteiger partial charge in [-0.25, -0.2) is 4.79 Å². The van der Waals surface area contributed by atoms with Crippen molar-refractivity contribution in [3.63, 3.8) is 0 Å². The summed E-state index contributed by atoms with van der Waals surface area (Å²) >= 11 is 0. The van der Waals surface area contributed by atoms with Gasteiger partial charge in [-0.15, -0.1) is 0 Å². The maximum Gasteiger partial charge on any atom is 0.407 e. The molecular weight excluding hydrogens is 238 g/mol. The zero-order valence-corrected chi connectivity index (χ0v) is 12.2. The minimum atomic E-state index is -0.199. The molecule has 0 radical (unpaired) electrons. The first-order chi connectivity index (χ1) is 9.34. The first-order valence-corrected chi connectivity index (χ1v) is 8.29. The van der Waals surface area contributed by atoms with E-state index in [1.54, 1.807) is 0 Å². The minimum Gasteiger partial charge on any atom is -0.446 e. The topological polar surface area (TPSA) is 38.3 Å². The van der Waals surface area contributed by atoms with Gasteiger partial charge in [-0.2, -0.15) is 0 Å². The van der Waals surface area contributed by atoms with Gasteiger partial charge in [-0.1, -0.05) is 38.5 Å². The molecule has 0 aromatic rings. The molecule has 2 aliphatic rings. The van der Waals surface area contributed by atoms with Gasteiger partial charge in [0.25, 0.3) is 0 Å². The predicted molar refractivity (Wildman–Crippen MR) is 77.2 cm³/mol. The Morgan fingerprint density at radius 2 is 1.58 bits per heavy atom. The third-order valence-corrected chi connectivity index (χ3v) is 4.61. The van der Waals surface area contributed by atoms with Crippen LogP contribution in [0.4, 0.5) is 4.79 Å². The molecule has 0 spiro atoms. The first-order valence-electron chi connectivity index (χ1n) is 8.29. The van der Waals surface area contributed by atoms with Crippen LogP contribution in [0.25, 0.3) is 0 Å². The molecule has 0 bridgehead atoms. The molecule has 2 rings (SSSR count). The second-order valence-corrected chi connectivity index (χ2v) is 6.24. The van der Waals surface area contributed by atoms with Gasteiger partial charge in [0, 0.05) is 6.54 Å². The molecule has 3 heteroatoms. The lowest BCUT2D eigenvalue weighted by Crippen LogP contribution is -2.30. The first kappa shape index (κ1) is 14.7. The van der Waals surface area contributed by atoms with Crippen LogP contribution in [0, 0.1) is 5.92 Å². The molecule has 2 fully saturated rings. The van der Waals surface area contributed by atoms with E-state index >= 15 is 0 Å². The Morgan fingerprint density at radius 1 is 0.947 bits per heavy atom. The molecule has 0 aromatic heterocycles. The summed E-state index contributed by atoms with van der Waals surface area (Å²) < 4.78 is 5.43. The van der Waals surface area contributed by atoms with Gasteiger partial charge in [0.15, 0.2) is 0 Å². The highest BCUT2D eigenvalue weighted by Crippen LogP contribution is 2.27. The van der Waals surface area contributed by atoms with Gasteiger partial charge in [-0.05, 0) is 44.4 Å². The van der Waals surface area contributed by atoms with Gasteiger partial charge in [0.2, 0.25) is 0 Å². The molecular formula is C16H29NO2. The highest BCUT2D eigenvalue weighted by Gasteiger charge is 2.17. The van der Waals surface area contributed by atoms with Crippen molar-refractivity contribution in [3.05, 3.63) is 0 Å². The third kappa shape index (κ3) is 5.84. The van der Waals surface area contributed by atoms with Crippen molar-refractivity contribution < 1.29 is 9.53 Å². The smallest absolute Gasteiger partial charge is 0.407 e. The predicted octanol–water partition coefficient (Wildman–Crippen LogP) is 4.41. The van der Waals surface area contributed by atoms with E-state index in [-0.39, 0.29) is 12.2 Å². The van der Waals surface area contributed by atoms with Crippen molar-refractivity contribution in [3.8, 4) is 0 Å². The summed E-state index contributed by atoms with van der Waals surface area (Å²) in [6, 6.07) is 0. The largest absolute Gasteiger partial charge is 0.446 e. The van der Waals surface area contributed by atoms with Crippen molar-refractivity contribution in [1.82, 2.24) is 5.32 Å². The van der Waals surface area contributed by atoms with E-state index in [9.17, 15) is 4.79 Å². The van der Waals surface area contributed by atoms with E-state index in [0.717, 1.165) is 31.7 Å². The Kier molecular flexibility index (Phi) is 6.52. The van der Waals surface area contributed by atoms with Crippen LogP contribution in [-0.4, -0.2) is 18.7 Å². The van der Waals surface area contributed by atoms with Gasteiger partial charge in [-0.3, -0.25) is 0 Å². The van der Waals surface area contributed by atoms with Crippen LogP contribution in [-0.2, 0) is 4.74 Å². The summed E-state index contributed by atoms with van der Waals surface area (Å²) in [7, 11) is 0. The molecule has 2 aliphatic carbocycles. The molecule has 0 heterocycles. The fraction of sp³-hybridized carbons (Fsp3) is 0.938.